The molecule has 5 heteroatoms. The molecule has 74 valence electrons. The Morgan fingerprint density at radius 1 is 1.40 bits per heavy atom. The van der Waals surface area contributed by atoms with Gasteiger partial charge in [0.2, 0.25) is 0 Å². The lowest BCUT2D eigenvalue weighted by atomic mass is 10.2. The van der Waals surface area contributed by atoms with Crippen molar-refractivity contribution in [1.29, 1.82) is 0 Å². The normalized spacial score (nSPS) is 9.93. The lowest BCUT2D eigenvalue weighted by Crippen LogP contribution is -2.15. The monoisotopic (exact) mass is 200 g/mol. The number of hydrogen-bond acceptors (Lipinski definition) is 2. The van der Waals surface area contributed by atoms with Gasteiger partial charge in [-0.1, -0.05) is 23.3 Å². The molecule has 0 saturated heterocycles. The van der Waals surface area contributed by atoms with E-state index >= 15 is 0 Å². The molecule has 0 radical (unpaired) electrons. The topological polar surface area (TPSA) is 70.8 Å². The number of benzene rings is 1. The second kappa shape index (κ2) is 3.48. The third-order valence-electron chi connectivity index (χ3n) is 2.27. The van der Waals surface area contributed by atoms with E-state index in [1.165, 1.54) is 4.57 Å². The Hall–Kier alpha value is -2.26. The summed E-state index contributed by atoms with van der Waals surface area (Å²) in [4.78, 5) is 14.3. The van der Waals surface area contributed by atoms with Crippen LogP contribution in [0.25, 0.3) is 21.3 Å². The fourth-order valence-corrected chi connectivity index (χ4v) is 1.53. The summed E-state index contributed by atoms with van der Waals surface area (Å²) in [6.07, 6.45) is 0. The van der Waals surface area contributed by atoms with Gasteiger partial charge >= 0.3 is 0 Å². The predicted molar refractivity (Wildman–Crippen MR) is 58.0 cm³/mol. The van der Waals surface area contributed by atoms with Crippen molar-refractivity contribution in [3.8, 4) is 0 Å². The first kappa shape index (κ1) is 9.30. The first-order chi connectivity index (χ1) is 7.24. The zero-order chi connectivity index (χ0) is 10.8. The number of azide groups is 1. The highest BCUT2D eigenvalue weighted by molar-refractivity contribution is 5.81. The smallest absolute Gasteiger partial charge is 0.260 e. The fourth-order valence-electron chi connectivity index (χ4n) is 1.53. The van der Waals surface area contributed by atoms with Gasteiger partial charge in [0.05, 0.1) is 5.52 Å². The van der Waals surface area contributed by atoms with Gasteiger partial charge in [0, 0.05) is 12.0 Å². The summed E-state index contributed by atoms with van der Waals surface area (Å²) >= 11 is 0. The Labute approximate surface area is 85.2 Å². The Kier molecular flexibility index (Phi) is 2.15. The van der Waals surface area contributed by atoms with Crippen molar-refractivity contribution in [2.45, 2.75) is 0 Å². The van der Waals surface area contributed by atoms with E-state index in [1.54, 1.807) is 13.1 Å². The van der Waals surface area contributed by atoms with E-state index in [2.05, 4.69) is 10.0 Å². The number of nitrogens with zero attached hydrogens (tertiary/aromatic N) is 4. The molecule has 0 spiro atoms. The van der Waals surface area contributed by atoms with Crippen molar-refractivity contribution < 1.29 is 0 Å². The standard InChI is InChI=1S/C10H8N4O/c1-14-9-5-3-2-4-7(9)6-8(10(14)15)12-13-11/h2-6H,1H3. The molecule has 0 aliphatic rings. The maximum atomic E-state index is 11.7. The third kappa shape index (κ3) is 1.45. The van der Waals surface area contributed by atoms with Gasteiger partial charge in [-0.25, -0.2) is 0 Å². The molecule has 1 aromatic carbocycles. The molecule has 0 fully saturated rings. The fraction of sp³-hybridized carbons (Fsp3) is 0.100. The van der Waals surface area contributed by atoms with Gasteiger partial charge in [-0.2, -0.15) is 0 Å². The molecule has 0 N–H and O–H groups in total. The number of rotatable bonds is 1. The number of fused-ring (bicyclic) bond motifs is 1. The van der Waals surface area contributed by atoms with E-state index in [0.29, 0.717) is 0 Å². The molecule has 15 heavy (non-hydrogen) atoms. The molecular formula is C10H8N4O. The van der Waals surface area contributed by atoms with Crippen LogP contribution in [0.2, 0.25) is 0 Å². The van der Waals surface area contributed by atoms with Gasteiger partial charge in [-0.15, -0.1) is 0 Å². The van der Waals surface area contributed by atoms with Crippen LogP contribution in [-0.4, -0.2) is 4.57 Å². The molecule has 5 nitrogen and oxygen atoms in total. The Bertz CT molecular complexity index is 623. The minimum atomic E-state index is -0.286. The lowest BCUT2D eigenvalue weighted by Gasteiger charge is -2.04. The van der Waals surface area contributed by atoms with E-state index in [-0.39, 0.29) is 11.2 Å². The van der Waals surface area contributed by atoms with Crippen LogP contribution in [0.4, 0.5) is 5.69 Å². The van der Waals surface area contributed by atoms with Crippen LogP contribution < -0.4 is 5.56 Å². The van der Waals surface area contributed by atoms with E-state index in [4.69, 9.17) is 5.53 Å². The summed E-state index contributed by atoms with van der Waals surface area (Å²) in [5.74, 6) is 0. The molecule has 2 rings (SSSR count). The van der Waals surface area contributed by atoms with Crippen LogP contribution in [0.15, 0.2) is 40.2 Å². The first-order valence-electron chi connectivity index (χ1n) is 4.38. The second-order valence-electron chi connectivity index (χ2n) is 3.14. The van der Waals surface area contributed by atoms with Crippen LogP contribution in [0.5, 0.6) is 0 Å². The predicted octanol–water partition coefficient (Wildman–Crippen LogP) is 2.48. The number of aryl methyl sites for hydroxylation is 1. The molecule has 0 saturated carbocycles. The Morgan fingerprint density at radius 3 is 2.87 bits per heavy atom. The first-order valence-corrected chi connectivity index (χ1v) is 4.38. The van der Waals surface area contributed by atoms with Crippen molar-refractivity contribution in [3.63, 3.8) is 0 Å². The van der Waals surface area contributed by atoms with Gasteiger partial charge in [0.25, 0.3) is 5.56 Å². The van der Waals surface area contributed by atoms with Gasteiger partial charge in [-0.3, -0.25) is 4.79 Å². The van der Waals surface area contributed by atoms with Crippen molar-refractivity contribution >= 4 is 16.6 Å². The van der Waals surface area contributed by atoms with Gasteiger partial charge < -0.3 is 4.57 Å². The Morgan fingerprint density at radius 2 is 2.13 bits per heavy atom. The minimum absolute atomic E-state index is 0.124. The number of para-hydroxylation sites is 1. The molecule has 1 heterocycles. The number of aromatic nitrogens is 1. The second-order valence-corrected chi connectivity index (χ2v) is 3.14. The molecule has 1 aromatic heterocycles. The number of hydrogen-bond donors (Lipinski definition) is 0. The van der Waals surface area contributed by atoms with E-state index < -0.39 is 0 Å². The summed E-state index contributed by atoms with van der Waals surface area (Å²) in [5.41, 5.74) is 8.97. The summed E-state index contributed by atoms with van der Waals surface area (Å²) in [5, 5.41) is 4.24. The SMILES string of the molecule is Cn1c(=O)c(N=[N+]=[N-])cc2ccccc21. The van der Waals surface area contributed by atoms with Crippen LogP contribution in [0.1, 0.15) is 0 Å². The van der Waals surface area contributed by atoms with E-state index in [9.17, 15) is 4.79 Å². The average Bonchev–Trinajstić information content (AvgIpc) is 2.26. The zero-order valence-corrected chi connectivity index (χ0v) is 8.08. The van der Waals surface area contributed by atoms with Crippen molar-refractivity contribution in [2.24, 2.45) is 12.2 Å². The lowest BCUT2D eigenvalue weighted by molar-refractivity contribution is 0.905. The van der Waals surface area contributed by atoms with Gasteiger partial charge in [0.1, 0.15) is 5.69 Å². The highest BCUT2D eigenvalue weighted by Crippen LogP contribution is 2.16. The highest BCUT2D eigenvalue weighted by Gasteiger charge is 2.03. The molecular weight excluding hydrogens is 192 g/mol. The maximum Gasteiger partial charge on any atom is 0.260 e. The van der Waals surface area contributed by atoms with Gasteiger partial charge in [0.15, 0.2) is 0 Å². The zero-order valence-electron chi connectivity index (χ0n) is 8.08. The quantitative estimate of drug-likeness (QED) is 0.396. The Balaban J connectivity index is 2.94. The summed E-state index contributed by atoms with van der Waals surface area (Å²) in [7, 11) is 1.65. The van der Waals surface area contributed by atoms with Crippen molar-refractivity contribution in [3.05, 3.63) is 51.1 Å². The van der Waals surface area contributed by atoms with Crippen LogP contribution in [0, 0.1) is 0 Å². The van der Waals surface area contributed by atoms with E-state index in [1.807, 2.05) is 24.3 Å². The summed E-state index contributed by atoms with van der Waals surface area (Å²) < 4.78 is 1.47. The van der Waals surface area contributed by atoms with Crippen LogP contribution in [0.3, 0.4) is 0 Å². The molecule has 0 amide bonds. The van der Waals surface area contributed by atoms with Crippen LogP contribution in [-0.2, 0) is 7.05 Å². The average molecular weight is 200 g/mol. The van der Waals surface area contributed by atoms with Crippen LogP contribution >= 0.6 is 0 Å². The molecule has 0 bridgehead atoms. The molecule has 0 unspecified atom stereocenters. The minimum Gasteiger partial charge on any atom is -0.311 e. The maximum absolute atomic E-state index is 11.7. The summed E-state index contributed by atoms with van der Waals surface area (Å²) in [6.45, 7) is 0. The molecule has 0 atom stereocenters. The molecule has 0 aliphatic heterocycles. The summed E-state index contributed by atoms with van der Waals surface area (Å²) in [6, 6.07) is 9.03. The molecule has 0 aliphatic carbocycles. The number of pyridine rings is 1. The van der Waals surface area contributed by atoms with Gasteiger partial charge in [-0.05, 0) is 23.1 Å². The largest absolute Gasteiger partial charge is 0.311 e. The highest BCUT2D eigenvalue weighted by atomic mass is 16.1. The van der Waals surface area contributed by atoms with Crippen molar-refractivity contribution in [1.82, 2.24) is 4.57 Å². The molecule has 2 aromatic rings. The van der Waals surface area contributed by atoms with Crippen molar-refractivity contribution in [2.75, 3.05) is 0 Å². The van der Waals surface area contributed by atoms with E-state index in [0.717, 1.165) is 10.9 Å². The third-order valence-corrected chi connectivity index (χ3v) is 2.27.